The number of esters is 1. The number of benzene rings is 2. The molecule has 2 unspecified atom stereocenters. The van der Waals surface area contributed by atoms with Gasteiger partial charge in [-0.05, 0) is 36.1 Å². The van der Waals surface area contributed by atoms with Gasteiger partial charge in [-0.2, -0.15) is 5.26 Å². The Morgan fingerprint density at radius 1 is 1.00 bits per heavy atom. The van der Waals surface area contributed by atoms with Crippen LogP contribution in [0.1, 0.15) is 39.4 Å². The van der Waals surface area contributed by atoms with Gasteiger partial charge in [-0.1, -0.05) is 58.0 Å². The van der Waals surface area contributed by atoms with Crippen LogP contribution in [0.3, 0.4) is 0 Å². The Hall–Kier alpha value is -2.84. The van der Waals surface area contributed by atoms with Crippen LogP contribution in [-0.2, 0) is 14.3 Å². The zero-order chi connectivity index (χ0) is 20.5. The molecule has 0 saturated carbocycles. The Kier molecular flexibility index (Phi) is 8.03. The van der Waals surface area contributed by atoms with Crippen molar-refractivity contribution in [1.82, 2.24) is 0 Å². The lowest BCUT2D eigenvalue weighted by molar-refractivity contribution is -0.164. The predicted molar refractivity (Wildman–Crippen MR) is 107 cm³/mol. The maximum Gasteiger partial charge on any atom is 0.337 e. The quantitative estimate of drug-likeness (QED) is 0.553. The summed E-state index contributed by atoms with van der Waals surface area (Å²) in [5.74, 6) is 0.964. The summed E-state index contributed by atoms with van der Waals surface area (Å²) in [6.45, 7) is 8.26. The van der Waals surface area contributed by atoms with Gasteiger partial charge in [0, 0.05) is 5.56 Å². The van der Waals surface area contributed by atoms with Crippen molar-refractivity contribution in [3.8, 4) is 17.6 Å². The normalized spacial score (nSPS) is 13.0. The highest BCUT2D eigenvalue weighted by Crippen LogP contribution is 2.26. The molecule has 0 aliphatic heterocycles. The third-order valence-electron chi connectivity index (χ3n) is 3.94. The van der Waals surface area contributed by atoms with Crippen LogP contribution >= 0.6 is 0 Å². The Bertz CT molecular complexity index is 796. The SMILES string of the molecule is CC(C)COC(C(=O)OC(C#N)c1cccc(Oc2ccccc2)c1)C(C)C. The highest BCUT2D eigenvalue weighted by molar-refractivity contribution is 5.75. The smallest absolute Gasteiger partial charge is 0.337 e. The van der Waals surface area contributed by atoms with Gasteiger partial charge >= 0.3 is 5.97 Å². The third kappa shape index (κ3) is 6.40. The lowest BCUT2D eigenvalue weighted by atomic mass is 10.1. The van der Waals surface area contributed by atoms with E-state index in [2.05, 4.69) is 0 Å². The van der Waals surface area contributed by atoms with Crippen LogP contribution in [0, 0.1) is 23.2 Å². The summed E-state index contributed by atoms with van der Waals surface area (Å²) >= 11 is 0. The van der Waals surface area contributed by atoms with Crippen LogP contribution in [0.25, 0.3) is 0 Å². The van der Waals surface area contributed by atoms with E-state index in [1.807, 2.05) is 64.1 Å². The first kappa shape index (κ1) is 21.5. The molecular weight excluding hydrogens is 354 g/mol. The van der Waals surface area contributed by atoms with Crippen LogP contribution in [0.4, 0.5) is 0 Å². The zero-order valence-corrected chi connectivity index (χ0v) is 16.8. The number of hydrogen-bond acceptors (Lipinski definition) is 5. The first-order valence-electron chi connectivity index (χ1n) is 9.45. The summed E-state index contributed by atoms with van der Waals surface area (Å²) in [5, 5.41) is 9.54. The van der Waals surface area contributed by atoms with Gasteiger partial charge in [0.15, 0.2) is 6.10 Å². The van der Waals surface area contributed by atoms with Gasteiger partial charge in [0.05, 0.1) is 6.61 Å². The summed E-state index contributed by atoms with van der Waals surface area (Å²) in [4.78, 5) is 12.6. The van der Waals surface area contributed by atoms with Crippen molar-refractivity contribution < 1.29 is 19.0 Å². The molecule has 0 heterocycles. The van der Waals surface area contributed by atoms with Gasteiger partial charge < -0.3 is 14.2 Å². The van der Waals surface area contributed by atoms with Crippen molar-refractivity contribution in [2.24, 2.45) is 11.8 Å². The van der Waals surface area contributed by atoms with E-state index in [1.54, 1.807) is 24.3 Å². The average molecular weight is 381 g/mol. The van der Waals surface area contributed by atoms with E-state index >= 15 is 0 Å². The first-order valence-corrected chi connectivity index (χ1v) is 9.45. The Labute approximate surface area is 166 Å². The minimum absolute atomic E-state index is 0.0571. The van der Waals surface area contributed by atoms with E-state index in [9.17, 15) is 10.1 Å². The fourth-order valence-electron chi connectivity index (χ4n) is 2.55. The molecule has 28 heavy (non-hydrogen) atoms. The van der Waals surface area contributed by atoms with Crippen molar-refractivity contribution in [2.45, 2.75) is 39.9 Å². The molecule has 0 aliphatic carbocycles. The molecule has 0 aliphatic rings. The number of ether oxygens (including phenoxy) is 3. The number of rotatable bonds is 9. The highest BCUT2D eigenvalue weighted by atomic mass is 16.6. The van der Waals surface area contributed by atoms with E-state index < -0.39 is 18.2 Å². The maximum absolute atomic E-state index is 12.6. The van der Waals surface area contributed by atoms with Crippen molar-refractivity contribution in [3.63, 3.8) is 0 Å². The van der Waals surface area contributed by atoms with Crippen LogP contribution in [0.2, 0.25) is 0 Å². The number of carbonyl (C=O) groups is 1. The summed E-state index contributed by atoms with van der Waals surface area (Å²) < 4.78 is 17.0. The average Bonchev–Trinajstić information content (AvgIpc) is 2.66. The molecule has 148 valence electrons. The Morgan fingerprint density at radius 3 is 2.29 bits per heavy atom. The summed E-state index contributed by atoms with van der Waals surface area (Å²) in [5.41, 5.74) is 0.552. The predicted octanol–water partition coefficient (Wildman–Crippen LogP) is 5.28. The summed E-state index contributed by atoms with van der Waals surface area (Å²) in [6, 6.07) is 18.4. The molecule has 0 bridgehead atoms. The molecule has 0 saturated heterocycles. The second-order valence-corrected chi connectivity index (χ2v) is 7.33. The van der Waals surface area contributed by atoms with Gasteiger partial charge in [0.1, 0.15) is 17.6 Å². The molecule has 2 atom stereocenters. The highest BCUT2D eigenvalue weighted by Gasteiger charge is 2.28. The van der Waals surface area contributed by atoms with E-state index in [0.717, 1.165) is 0 Å². The molecule has 0 spiro atoms. The van der Waals surface area contributed by atoms with Gasteiger partial charge in [0.2, 0.25) is 6.10 Å². The Morgan fingerprint density at radius 2 is 1.68 bits per heavy atom. The Balaban J connectivity index is 2.10. The fraction of sp³-hybridized carbons (Fsp3) is 0.391. The molecule has 5 nitrogen and oxygen atoms in total. The van der Waals surface area contributed by atoms with E-state index in [-0.39, 0.29) is 5.92 Å². The lowest BCUT2D eigenvalue weighted by Gasteiger charge is -2.22. The summed E-state index contributed by atoms with van der Waals surface area (Å²) in [6.07, 6.45) is -1.74. The minimum Gasteiger partial charge on any atom is -0.457 e. The molecule has 0 amide bonds. The van der Waals surface area contributed by atoms with Gasteiger partial charge in [-0.15, -0.1) is 0 Å². The fourth-order valence-corrected chi connectivity index (χ4v) is 2.55. The topological polar surface area (TPSA) is 68.5 Å². The first-order chi connectivity index (χ1) is 13.4. The van der Waals surface area contributed by atoms with Crippen molar-refractivity contribution in [1.29, 1.82) is 5.26 Å². The minimum atomic E-state index is -1.03. The summed E-state index contributed by atoms with van der Waals surface area (Å²) in [7, 11) is 0. The molecule has 2 aromatic rings. The third-order valence-corrected chi connectivity index (χ3v) is 3.94. The molecule has 0 aromatic heterocycles. The molecule has 2 rings (SSSR count). The van der Waals surface area contributed by atoms with Gasteiger partial charge in [-0.3, -0.25) is 0 Å². The molecular formula is C23H27NO4. The second-order valence-electron chi connectivity index (χ2n) is 7.33. The van der Waals surface area contributed by atoms with E-state index in [1.165, 1.54) is 0 Å². The van der Waals surface area contributed by atoms with Gasteiger partial charge in [-0.25, -0.2) is 4.79 Å². The molecule has 0 N–H and O–H groups in total. The number of hydrogen-bond donors (Lipinski definition) is 0. The zero-order valence-electron chi connectivity index (χ0n) is 16.8. The van der Waals surface area contributed by atoms with Crippen LogP contribution in [0.15, 0.2) is 54.6 Å². The molecule has 2 aromatic carbocycles. The van der Waals surface area contributed by atoms with Gasteiger partial charge in [0.25, 0.3) is 0 Å². The number of nitriles is 1. The number of carbonyl (C=O) groups excluding carboxylic acids is 1. The molecule has 0 radical (unpaired) electrons. The van der Waals surface area contributed by atoms with Crippen LogP contribution in [-0.4, -0.2) is 18.7 Å². The van der Waals surface area contributed by atoms with Crippen LogP contribution < -0.4 is 4.74 Å². The number of para-hydroxylation sites is 1. The van der Waals surface area contributed by atoms with Crippen molar-refractivity contribution in [3.05, 3.63) is 60.2 Å². The van der Waals surface area contributed by atoms with E-state index in [4.69, 9.17) is 14.2 Å². The monoisotopic (exact) mass is 381 g/mol. The van der Waals surface area contributed by atoms with Crippen molar-refractivity contribution in [2.75, 3.05) is 6.61 Å². The standard InChI is InChI=1S/C23H27NO4/c1-16(2)15-26-22(17(3)4)23(25)28-21(14-24)18-9-8-12-20(13-18)27-19-10-6-5-7-11-19/h5-13,16-17,21-22H,15H2,1-4H3. The number of nitrogens with zero attached hydrogens (tertiary/aromatic N) is 1. The van der Waals surface area contributed by atoms with E-state index in [0.29, 0.717) is 29.6 Å². The largest absolute Gasteiger partial charge is 0.457 e. The second kappa shape index (κ2) is 10.5. The van der Waals surface area contributed by atoms with Crippen LogP contribution in [0.5, 0.6) is 11.5 Å². The van der Waals surface area contributed by atoms with Crippen molar-refractivity contribution >= 4 is 5.97 Å². The molecule has 0 fully saturated rings. The molecule has 5 heteroatoms. The lowest BCUT2D eigenvalue weighted by Crippen LogP contribution is -2.33. The maximum atomic E-state index is 12.6.